The van der Waals surface area contributed by atoms with Crippen LogP contribution in [0.1, 0.15) is 38.9 Å². The van der Waals surface area contributed by atoms with Crippen molar-refractivity contribution in [1.82, 2.24) is 0 Å². The normalized spacial score (nSPS) is 13.3. The molecule has 0 bridgehead atoms. The van der Waals surface area contributed by atoms with E-state index in [1.165, 1.54) is 0 Å². The van der Waals surface area contributed by atoms with Gasteiger partial charge in [-0.3, -0.25) is 5.41 Å². The van der Waals surface area contributed by atoms with Gasteiger partial charge in [0.2, 0.25) is 0 Å². The first-order valence-electron chi connectivity index (χ1n) is 21.1. The maximum absolute atomic E-state index is 15.7. The van der Waals surface area contributed by atoms with Gasteiger partial charge >= 0.3 is 0 Å². The average molecular weight is 811 g/mol. The van der Waals surface area contributed by atoms with Crippen molar-refractivity contribution in [3.63, 3.8) is 0 Å². The van der Waals surface area contributed by atoms with Crippen molar-refractivity contribution in [3.05, 3.63) is 269 Å². The minimum Gasteiger partial charge on any atom is -0.310 e. The number of amidine groups is 2. The molecular weight excluding hydrogens is 772 g/mol. The molecule has 9 aromatic rings. The van der Waals surface area contributed by atoms with E-state index in [2.05, 4.69) is 126 Å². The van der Waals surface area contributed by atoms with E-state index in [1.54, 1.807) is 18.3 Å². The van der Waals surface area contributed by atoms with E-state index in [1.807, 2.05) is 91.0 Å². The summed E-state index contributed by atoms with van der Waals surface area (Å²) in [6.07, 6.45) is 1.79. The van der Waals surface area contributed by atoms with Gasteiger partial charge in [0.15, 0.2) is 11.7 Å². The molecule has 0 unspecified atom stereocenters. The number of anilines is 3. The molecule has 0 atom stereocenters. The third-order valence-corrected chi connectivity index (χ3v) is 12.3. The number of aliphatic imine (C=N–C) groups is 2. The number of fused-ring (bicyclic) bond motifs is 9. The van der Waals surface area contributed by atoms with Crippen LogP contribution in [0.3, 0.4) is 0 Å². The van der Waals surface area contributed by atoms with Crippen molar-refractivity contribution in [2.24, 2.45) is 9.98 Å². The summed E-state index contributed by atoms with van der Waals surface area (Å²) in [5.74, 6) is 0.270. The van der Waals surface area contributed by atoms with Crippen LogP contribution in [0.5, 0.6) is 0 Å². The lowest BCUT2D eigenvalue weighted by Crippen LogP contribution is -2.36. The van der Waals surface area contributed by atoms with Crippen molar-refractivity contribution < 1.29 is 4.39 Å². The van der Waals surface area contributed by atoms with Crippen LogP contribution in [0, 0.1) is 11.2 Å². The van der Waals surface area contributed by atoms with E-state index in [9.17, 15) is 5.41 Å². The number of hydrogen-bond donors (Lipinski definition) is 1. The Kier molecular flexibility index (Phi) is 9.36. The zero-order valence-electron chi connectivity index (χ0n) is 34.2. The highest BCUT2D eigenvalue weighted by Gasteiger charge is 2.52. The van der Waals surface area contributed by atoms with E-state index in [4.69, 9.17) is 9.98 Å². The summed E-state index contributed by atoms with van der Waals surface area (Å²) in [4.78, 5) is 12.0. The van der Waals surface area contributed by atoms with E-state index < -0.39 is 5.41 Å². The third kappa shape index (κ3) is 6.50. The molecule has 4 nitrogen and oxygen atoms in total. The third-order valence-electron chi connectivity index (χ3n) is 12.3. The second kappa shape index (κ2) is 15.6. The van der Waals surface area contributed by atoms with E-state index in [0.29, 0.717) is 11.4 Å². The smallest absolute Gasteiger partial charge is 0.161 e. The molecule has 5 heteroatoms. The van der Waals surface area contributed by atoms with Crippen LogP contribution in [0.4, 0.5) is 21.5 Å². The molecule has 0 amide bonds. The van der Waals surface area contributed by atoms with Crippen LogP contribution in [0.25, 0.3) is 33.4 Å². The van der Waals surface area contributed by atoms with Crippen LogP contribution in [0.15, 0.2) is 234 Å². The van der Waals surface area contributed by atoms with Crippen molar-refractivity contribution in [3.8, 4) is 33.4 Å². The number of halogens is 1. The molecule has 2 aliphatic rings. The van der Waals surface area contributed by atoms with E-state index in [-0.39, 0.29) is 11.7 Å². The molecule has 0 aromatic heterocycles. The highest BCUT2D eigenvalue weighted by molar-refractivity contribution is 6.13. The Morgan fingerprint density at radius 1 is 0.460 bits per heavy atom. The molecule has 0 fully saturated rings. The van der Waals surface area contributed by atoms with Crippen LogP contribution in [-0.4, -0.2) is 17.9 Å². The van der Waals surface area contributed by atoms with Gasteiger partial charge in [-0.1, -0.05) is 176 Å². The summed E-state index contributed by atoms with van der Waals surface area (Å²) in [5, 5.41) is 9.36. The predicted octanol–water partition coefficient (Wildman–Crippen LogP) is 14.2. The number of benzene rings is 9. The molecule has 1 aliphatic heterocycles. The summed E-state index contributed by atoms with van der Waals surface area (Å²) in [7, 11) is 0. The first-order chi connectivity index (χ1) is 31.1. The largest absolute Gasteiger partial charge is 0.310 e. The van der Waals surface area contributed by atoms with Gasteiger partial charge in [0.1, 0.15) is 5.82 Å². The van der Waals surface area contributed by atoms with Gasteiger partial charge in [-0.05, 0) is 110 Å². The molecule has 1 heterocycles. The zero-order valence-corrected chi connectivity index (χ0v) is 34.2. The Morgan fingerprint density at radius 2 is 1.00 bits per heavy atom. The van der Waals surface area contributed by atoms with Gasteiger partial charge in [0.25, 0.3) is 0 Å². The number of para-hydroxylation sites is 3. The van der Waals surface area contributed by atoms with Gasteiger partial charge in [0, 0.05) is 23.0 Å². The molecule has 298 valence electrons. The topological polar surface area (TPSA) is 51.8 Å². The molecular formula is C58H39FN4. The predicted molar refractivity (Wildman–Crippen MR) is 257 cm³/mol. The molecule has 0 saturated heterocycles. The highest BCUT2D eigenvalue weighted by Crippen LogP contribution is 2.63. The fourth-order valence-electron chi connectivity index (χ4n) is 9.46. The van der Waals surface area contributed by atoms with Gasteiger partial charge in [-0.15, -0.1) is 0 Å². The number of nitrogens with one attached hydrogen (secondary N) is 1. The van der Waals surface area contributed by atoms with Gasteiger partial charge < -0.3 is 4.90 Å². The van der Waals surface area contributed by atoms with E-state index >= 15 is 4.39 Å². The number of nitrogens with zero attached hydrogens (tertiary/aromatic N) is 3. The van der Waals surface area contributed by atoms with E-state index in [0.717, 1.165) is 83.8 Å². The molecule has 63 heavy (non-hydrogen) atoms. The Hall–Kier alpha value is -8.28. The Labute approximate surface area is 366 Å². The van der Waals surface area contributed by atoms with Crippen molar-refractivity contribution in [2.75, 3.05) is 4.90 Å². The molecule has 0 radical (unpaired) electrons. The van der Waals surface area contributed by atoms with Crippen LogP contribution in [-0.2, 0) is 5.41 Å². The van der Waals surface area contributed by atoms with Gasteiger partial charge in [0.05, 0.1) is 16.8 Å². The Bertz CT molecular complexity index is 3200. The summed E-state index contributed by atoms with van der Waals surface area (Å²) < 4.78 is 15.7. The molecule has 11 rings (SSSR count). The molecule has 1 aliphatic carbocycles. The highest BCUT2D eigenvalue weighted by atomic mass is 19.1. The lowest BCUT2D eigenvalue weighted by atomic mass is 9.64. The quantitative estimate of drug-likeness (QED) is 0.132. The van der Waals surface area contributed by atoms with Crippen molar-refractivity contribution in [1.29, 1.82) is 5.41 Å². The summed E-state index contributed by atoms with van der Waals surface area (Å²) in [6.45, 7) is 0. The molecule has 1 spiro atoms. The minimum absolute atomic E-state index is 0.0980. The first-order valence-corrected chi connectivity index (χ1v) is 21.1. The van der Waals surface area contributed by atoms with Crippen LogP contribution >= 0.6 is 0 Å². The minimum atomic E-state index is -0.808. The second-order valence-electron chi connectivity index (χ2n) is 15.9. The summed E-state index contributed by atoms with van der Waals surface area (Å²) in [5.41, 5.74) is 15.1. The van der Waals surface area contributed by atoms with Crippen molar-refractivity contribution >= 4 is 34.9 Å². The molecule has 0 saturated carbocycles. The lowest BCUT2D eigenvalue weighted by molar-refractivity contribution is 0.621. The maximum Gasteiger partial charge on any atom is 0.161 e. The standard InChI is InChI=1S/C58H39FN4/c59-46-32-34-49-48-33-31-44(36-52(48)58(53(49)37-46)50-23-10-12-25-54(50)63(47-21-8-3-9-22-47)55-26-13-11-24-51(55)58)43-19-14-20-45(35-43)56(60)62-57(61-38-39-15-4-1-5-16-39)42-29-27-41(28-30-42)40-17-6-2-7-18-40/h1-38,60H/b60-56?,61-38+,62-57-. The van der Waals surface area contributed by atoms with Gasteiger partial charge in [-0.25, -0.2) is 14.4 Å². The number of hydrogen-bond acceptors (Lipinski definition) is 2. The average Bonchev–Trinajstić information content (AvgIpc) is 3.62. The monoisotopic (exact) mass is 810 g/mol. The second-order valence-corrected chi connectivity index (χ2v) is 15.9. The van der Waals surface area contributed by atoms with Crippen LogP contribution < -0.4 is 4.90 Å². The molecule has 1 N–H and O–H groups in total. The molecule has 9 aromatic carbocycles. The Balaban J connectivity index is 1.03. The summed E-state index contributed by atoms with van der Waals surface area (Å²) in [6, 6.07) is 75.7. The number of rotatable bonds is 6. The SMILES string of the molecule is N=C(/N=C(\N=C\c1ccccc1)c1ccc(-c2ccccc2)cc1)c1cccc(-c2ccc3c(c2)C2(c4cc(F)ccc4-3)c3ccccc3N(c3ccccc3)c3ccccc32)c1. The van der Waals surface area contributed by atoms with Crippen LogP contribution in [0.2, 0.25) is 0 Å². The fourth-order valence-corrected chi connectivity index (χ4v) is 9.46. The zero-order chi connectivity index (χ0) is 42.3. The lowest BCUT2D eigenvalue weighted by Gasteiger charge is -2.45. The van der Waals surface area contributed by atoms with Gasteiger partial charge in [-0.2, -0.15) is 0 Å². The fraction of sp³-hybridized carbons (Fsp3) is 0.0172. The van der Waals surface area contributed by atoms with Crippen molar-refractivity contribution in [2.45, 2.75) is 5.41 Å². The summed E-state index contributed by atoms with van der Waals surface area (Å²) >= 11 is 0. The maximum atomic E-state index is 15.7. The first kappa shape index (κ1) is 37.7. The Morgan fingerprint density at radius 3 is 1.70 bits per heavy atom.